The van der Waals surface area contributed by atoms with Crippen LogP contribution in [0.3, 0.4) is 0 Å². The van der Waals surface area contributed by atoms with Gasteiger partial charge < -0.3 is 25.2 Å². The summed E-state index contributed by atoms with van der Waals surface area (Å²) in [5.41, 5.74) is 7.08. The standard InChI is InChI=1S/C25H25F2N5O4/c1-4-20(34)31-9-7-15(13-31)32-24-14(8-10-33)12-29-25(28)21(24)17(30-32)6-5-16-22(26)18(35-2)11-19(36-3)23(16)27/h4,11-12,15,33H,1,7-10,13H2,2-3H3,(H2,28,29). The smallest absolute Gasteiger partial charge is 0.246 e. The summed E-state index contributed by atoms with van der Waals surface area (Å²) in [6.45, 7) is 4.28. The van der Waals surface area contributed by atoms with Crippen LogP contribution in [0.1, 0.15) is 29.3 Å². The molecule has 3 heterocycles. The highest BCUT2D eigenvalue weighted by Gasteiger charge is 2.30. The summed E-state index contributed by atoms with van der Waals surface area (Å²) in [5, 5.41) is 14.6. The summed E-state index contributed by atoms with van der Waals surface area (Å²) in [6.07, 6.45) is 3.70. The van der Waals surface area contributed by atoms with Crippen LogP contribution in [0, 0.1) is 23.5 Å². The molecule has 3 N–H and O–H groups in total. The van der Waals surface area contributed by atoms with Crippen LogP contribution in [-0.4, -0.2) is 64.6 Å². The van der Waals surface area contributed by atoms with Crippen LogP contribution in [0.4, 0.5) is 14.6 Å². The SMILES string of the molecule is C=CC(=O)N1CCC(n2nc(C#Cc3c(F)c(OC)cc(OC)c3F)c3c(N)ncc(CCO)c32)C1. The Labute approximate surface area is 206 Å². The van der Waals surface area contributed by atoms with Gasteiger partial charge in [0.05, 0.1) is 31.2 Å². The fourth-order valence-electron chi connectivity index (χ4n) is 4.30. The van der Waals surface area contributed by atoms with Crippen molar-refractivity contribution >= 4 is 22.6 Å². The average Bonchev–Trinajstić information content (AvgIpc) is 3.51. The number of carbonyl (C=O) groups excluding carboxylic acids is 1. The van der Waals surface area contributed by atoms with Gasteiger partial charge in [0.25, 0.3) is 0 Å². The number of amides is 1. The van der Waals surface area contributed by atoms with E-state index < -0.39 is 17.2 Å². The monoisotopic (exact) mass is 497 g/mol. The number of aromatic nitrogens is 3. The number of fused-ring (bicyclic) bond motifs is 1. The zero-order chi connectivity index (χ0) is 26.0. The largest absolute Gasteiger partial charge is 0.493 e. The second-order valence-corrected chi connectivity index (χ2v) is 8.12. The molecule has 3 aromatic rings. The predicted octanol–water partition coefficient (Wildman–Crippen LogP) is 2.20. The van der Waals surface area contributed by atoms with Gasteiger partial charge in [-0.3, -0.25) is 9.48 Å². The fourth-order valence-corrected chi connectivity index (χ4v) is 4.30. The van der Waals surface area contributed by atoms with E-state index in [4.69, 9.17) is 15.2 Å². The average molecular weight is 498 g/mol. The summed E-state index contributed by atoms with van der Waals surface area (Å²) >= 11 is 0. The summed E-state index contributed by atoms with van der Waals surface area (Å²) in [6, 6.07) is 0.885. The normalized spacial score (nSPS) is 15.0. The number of nitrogens with zero attached hydrogens (tertiary/aromatic N) is 4. The lowest BCUT2D eigenvalue weighted by Crippen LogP contribution is -2.27. The van der Waals surface area contributed by atoms with Gasteiger partial charge >= 0.3 is 0 Å². The molecule has 11 heteroatoms. The number of pyridine rings is 1. The molecule has 0 bridgehead atoms. The number of anilines is 1. The van der Waals surface area contributed by atoms with Crippen LogP contribution in [-0.2, 0) is 11.2 Å². The summed E-state index contributed by atoms with van der Waals surface area (Å²) < 4.78 is 41.4. The molecule has 1 amide bonds. The number of benzene rings is 1. The number of methoxy groups -OCH3 is 2. The maximum Gasteiger partial charge on any atom is 0.246 e. The van der Waals surface area contributed by atoms with Gasteiger partial charge in [0, 0.05) is 32.0 Å². The first-order valence-corrected chi connectivity index (χ1v) is 11.1. The zero-order valence-electron chi connectivity index (χ0n) is 19.8. The molecule has 1 aliphatic rings. The number of aliphatic hydroxyl groups is 1. The number of hydrogen-bond acceptors (Lipinski definition) is 7. The number of hydrogen-bond donors (Lipinski definition) is 2. The molecule has 2 aromatic heterocycles. The lowest BCUT2D eigenvalue weighted by Gasteiger charge is -2.16. The number of halogens is 2. The molecule has 9 nitrogen and oxygen atoms in total. The van der Waals surface area contributed by atoms with Crippen LogP contribution in [0.5, 0.6) is 11.5 Å². The Bertz CT molecular complexity index is 1380. The lowest BCUT2D eigenvalue weighted by molar-refractivity contribution is -0.125. The van der Waals surface area contributed by atoms with Gasteiger partial charge in [-0.05, 0) is 30.4 Å². The van der Waals surface area contributed by atoms with Gasteiger partial charge in [0.2, 0.25) is 5.91 Å². The Morgan fingerprint density at radius 1 is 1.31 bits per heavy atom. The van der Waals surface area contributed by atoms with Crippen molar-refractivity contribution < 1.29 is 28.2 Å². The van der Waals surface area contributed by atoms with Gasteiger partial charge in [-0.1, -0.05) is 12.5 Å². The van der Waals surface area contributed by atoms with E-state index in [9.17, 15) is 18.7 Å². The van der Waals surface area contributed by atoms with Gasteiger partial charge in [0.1, 0.15) is 17.1 Å². The molecule has 1 aromatic carbocycles. The number of nitrogen functional groups attached to an aromatic ring is 1. The molecule has 0 saturated carbocycles. The topological polar surface area (TPSA) is 116 Å². The van der Waals surface area contributed by atoms with Crippen molar-refractivity contribution in [2.75, 3.05) is 39.6 Å². The van der Waals surface area contributed by atoms with E-state index in [0.717, 1.165) is 6.07 Å². The number of carbonyl (C=O) groups is 1. The van der Waals surface area contributed by atoms with E-state index in [2.05, 4.69) is 28.5 Å². The molecule has 1 aliphatic heterocycles. The van der Waals surface area contributed by atoms with E-state index in [1.54, 1.807) is 15.8 Å². The molecule has 4 rings (SSSR count). The molecule has 1 fully saturated rings. The van der Waals surface area contributed by atoms with Crippen molar-refractivity contribution in [2.24, 2.45) is 0 Å². The maximum atomic E-state index is 14.9. The Morgan fingerprint density at radius 3 is 2.61 bits per heavy atom. The van der Waals surface area contributed by atoms with Crippen molar-refractivity contribution in [1.82, 2.24) is 19.7 Å². The quantitative estimate of drug-likeness (QED) is 0.396. The zero-order valence-corrected chi connectivity index (χ0v) is 19.8. The number of aliphatic hydroxyl groups excluding tert-OH is 1. The van der Waals surface area contributed by atoms with Crippen LogP contribution in [0.15, 0.2) is 24.9 Å². The van der Waals surface area contributed by atoms with E-state index in [1.807, 2.05) is 0 Å². The van der Waals surface area contributed by atoms with Crippen molar-refractivity contribution in [3.05, 3.63) is 53.4 Å². The Morgan fingerprint density at radius 2 is 2.00 bits per heavy atom. The molecule has 0 radical (unpaired) electrons. The first kappa shape index (κ1) is 24.9. The fraction of sp³-hybridized carbons (Fsp3) is 0.320. The summed E-state index contributed by atoms with van der Waals surface area (Å²) in [5.74, 6) is 2.78. The molecule has 188 valence electrons. The van der Waals surface area contributed by atoms with Gasteiger partial charge in [-0.15, -0.1) is 0 Å². The number of rotatable bonds is 6. The van der Waals surface area contributed by atoms with Gasteiger partial charge in [0.15, 0.2) is 23.1 Å². The van der Waals surface area contributed by atoms with E-state index in [-0.39, 0.29) is 48.0 Å². The van der Waals surface area contributed by atoms with E-state index in [1.165, 1.54) is 20.3 Å². The third kappa shape index (κ3) is 4.31. The molecule has 1 atom stereocenters. The first-order chi connectivity index (χ1) is 17.3. The second kappa shape index (κ2) is 10.2. The number of ether oxygens (including phenoxy) is 2. The third-order valence-electron chi connectivity index (χ3n) is 6.09. The van der Waals surface area contributed by atoms with Crippen molar-refractivity contribution in [1.29, 1.82) is 0 Å². The molecule has 1 saturated heterocycles. The number of likely N-dealkylation sites (tertiary alicyclic amines) is 1. The highest BCUT2D eigenvalue weighted by atomic mass is 19.1. The Kier molecular flexibility index (Phi) is 7.07. The molecular weight excluding hydrogens is 472 g/mol. The predicted molar refractivity (Wildman–Crippen MR) is 129 cm³/mol. The van der Waals surface area contributed by atoms with Gasteiger partial charge in [-0.2, -0.15) is 5.10 Å². The highest BCUT2D eigenvalue weighted by Crippen LogP contribution is 2.33. The maximum absolute atomic E-state index is 14.9. The highest BCUT2D eigenvalue weighted by molar-refractivity contribution is 5.95. The van der Waals surface area contributed by atoms with Crippen LogP contribution >= 0.6 is 0 Å². The van der Waals surface area contributed by atoms with Crippen LogP contribution < -0.4 is 15.2 Å². The van der Waals surface area contributed by atoms with Crippen molar-refractivity contribution in [3.8, 4) is 23.3 Å². The molecule has 36 heavy (non-hydrogen) atoms. The Balaban J connectivity index is 1.90. The molecular formula is C25H25F2N5O4. The van der Waals surface area contributed by atoms with Crippen LogP contribution in [0.25, 0.3) is 10.9 Å². The Hall–Kier alpha value is -4.17. The minimum atomic E-state index is -0.978. The number of nitrogens with two attached hydrogens (primary N) is 1. The van der Waals surface area contributed by atoms with Gasteiger partial charge in [-0.25, -0.2) is 13.8 Å². The molecule has 1 unspecified atom stereocenters. The summed E-state index contributed by atoms with van der Waals surface area (Å²) in [4.78, 5) is 18.0. The summed E-state index contributed by atoms with van der Waals surface area (Å²) in [7, 11) is 2.50. The third-order valence-corrected chi connectivity index (χ3v) is 6.09. The van der Waals surface area contributed by atoms with Crippen molar-refractivity contribution in [3.63, 3.8) is 0 Å². The lowest BCUT2D eigenvalue weighted by atomic mass is 10.1. The minimum Gasteiger partial charge on any atom is -0.493 e. The minimum absolute atomic E-state index is 0.128. The first-order valence-electron chi connectivity index (χ1n) is 11.1. The molecule has 0 spiro atoms. The molecule has 0 aliphatic carbocycles. The van der Waals surface area contributed by atoms with Crippen molar-refractivity contribution in [2.45, 2.75) is 18.9 Å². The second-order valence-electron chi connectivity index (χ2n) is 8.12. The van der Waals surface area contributed by atoms with Crippen LogP contribution in [0.2, 0.25) is 0 Å². The van der Waals surface area contributed by atoms with E-state index >= 15 is 0 Å². The van der Waals surface area contributed by atoms with E-state index in [0.29, 0.717) is 36.0 Å².